The number of carboxylic acid groups (broad SMARTS) is 1. The lowest BCUT2D eigenvalue weighted by molar-refractivity contribution is 0.0680. The molecule has 6 heteroatoms. The van der Waals surface area contributed by atoms with Gasteiger partial charge in [0, 0.05) is 11.7 Å². The Morgan fingerprint density at radius 1 is 1.71 bits per heavy atom. The molecule has 1 unspecified atom stereocenters. The third-order valence-electron chi connectivity index (χ3n) is 2.09. The number of hydrogen-bond acceptors (Lipinski definition) is 5. The maximum atomic E-state index is 10.5. The predicted molar refractivity (Wildman–Crippen MR) is 50.4 cm³/mol. The Kier molecular flexibility index (Phi) is 2.72. The fourth-order valence-electron chi connectivity index (χ4n) is 1.42. The zero-order valence-electron chi connectivity index (χ0n) is 7.47. The van der Waals surface area contributed by atoms with Gasteiger partial charge in [0.2, 0.25) is 5.89 Å². The summed E-state index contributed by atoms with van der Waals surface area (Å²) in [5, 5.41) is 12.4. The second-order valence-electron chi connectivity index (χ2n) is 3.16. The molecule has 0 spiro atoms. The lowest BCUT2D eigenvalue weighted by atomic mass is 10.2. The molecule has 0 aromatic carbocycles. The second-order valence-corrected chi connectivity index (χ2v) is 4.56. The minimum absolute atomic E-state index is 0.247. The van der Waals surface area contributed by atoms with Gasteiger partial charge in [-0.05, 0) is 23.8 Å². The second kappa shape index (κ2) is 4.00. The molecule has 1 fully saturated rings. The molecule has 14 heavy (non-hydrogen) atoms. The van der Waals surface area contributed by atoms with E-state index in [-0.39, 0.29) is 5.82 Å². The maximum absolute atomic E-state index is 10.5. The van der Waals surface area contributed by atoms with Crippen molar-refractivity contribution in [1.29, 1.82) is 0 Å². The molecule has 76 valence electrons. The molecule has 2 heterocycles. The smallest absolute Gasteiger partial charge is 0.377 e. The Hall–Kier alpha value is -1.04. The van der Waals surface area contributed by atoms with Crippen molar-refractivity contribution in [2.45, 2.75) is 24.5 Å². The van der Waals surface area contributed by atoms with E-state index in [1.54, 1.807) is 0 Å². The van der Waals surface area contributed by atoms with Crippen LogP contribution in [0.2, 0.25) is 0 Å². The number of aromatic carboxylic acids is 1. The van der Waals surface area contributed by atoms with Gasteiger partial charge >= 0.3 is 5.97 Å². The largest absolute Gasteiger partial charge is 0.475 e. The Balaban J connectivity index is 1.98. The lowest BCUT2D eigenvalue weighted by Gasteiger charge is -2.01. The van der Waals surface area contributed by atoms with Gasteiger partial charge in [0.1, 0.15) is 0 Å². The number of aromatic nitrogens is 2. The highest BCUT2D eigenvalue weighted by Crippen LogP contribution is 2.28. The van der Waals surface area contributed by atoms with Crippen LogP contribution in [-0.2, 0) is 6.42 Å². The Labute approximate surface area is 84.9 Å². The van der Waals surface area contributed by atoms with Crippen LogP contribution < -0.4 is 0 Å². The summed E-state index contributed by atoms with van der Waals surface area (Å²) in [5.41, 5.74) is 0. The molecule has 0 amide bonds. The molecular weight excluding hydrogens is 204 g/mol. The fraction of sp³-hybridized carbons (Fsp3) is 0.625. The molecule has 1 aromatic heterocycles. The third-order valence-corrected chi connectivity index (χ3v) is 3.48. The van der Waals surface area contributed by atoms with Gasteiger partial charge in [-0.3, -0.25) is 0 Å². The molecule has 1 atom stereocenters. The molecule has 0 radical (unpaired) electrons. The van der Waals surface area contributed by atoms with E-state index in [4.69, 9.17) is 9.63 Å². The van der Waals surface area contributed by atoms with Gasteiger partial charge in [0.25, 0.3) is 5.82 Å². The molecule has 2 rings (SSSR count). The summed E-state index contributed by atoms with van der Waals surface area (Å²) in [6.45, 7) is 0. The average Bonchev–Trinajstić information content (AvgIpc) is 2.75. The lowest BCUT2D eigenvalue weighted by Crippen LogP contribution is -2.03. The van der Waals surface area contributed by atoms with Crippen LogP contribution >= 0.6 is 11.8 Å². The van der Waals surface area contributed by atoms with Gasteiger partial charge in [-0.2, -0.15) is 16.7 Å². The van der Waals surface area contributed by atoms with Gasteiger partial charge < -0.3 is 9.63 Å². The van der Waals surface area contributed by atoms with Crippen LogP contribution in [0.25, 0.3) is 0 Å². The van der Waals surface area contributed by atoms with E-state index >= 15 is 0 Å². The van der Waals surface area contributed by atoms with E-state index in [1.807, 2.05) is 11.8 Å². The Bertz CT molecular complexity index is 333. The first kappa shape index (κ1) is 9.51. The van der Waals surface area contributed by atoms with Gasteiger partial charge in [0.05, 0.1) is 0 Å². The minimum atomic E-state index is -1.14. The summed E-state index contributed by atoms with van der Waals surface area (Å²) < 4.78 is 4.83. The minimum Gasteiger partial charge on any atom is -0.475 e. The number of carbonyl (C=O) groups is 1. The monoisotopic (exact) mass is 214 g/mol. The SMILES string of the molecule is O=C(O)c1noc(CC2CCCS2)n1. The van der Waals surface area contributed by atoms with Crippen molar-refractivity contribution in [3.63, 3.8) is 0 Å². The first-order valence-corrected chi connectivity index (χ1v) is 5.48. The van der Waals surface area contributed by atoms with Crippen LogP contribution in [0, 0.1) is 0 Å². The molecule has 0 aliphatic carbocycles. The Morgan fingerprint density at radius 2 is 2.57 bits per heavy atom. The molecule has 1 aliphatic rings. The van der Waals surface area contributed by atoms with Crippen LogP contribution in [0.5, 0.6) is 0 Å². The summed E-state index contributed by atoms with van der Waals surface area (Å²) in [6, 6.07) is 0. The van der Waals surface area contributed by atoms with E-state index in [9.17, 15) is 4.79 Å². The highest BCUT2D eigenvalue weighted by Gasteiger charge is 2.20. The van der Waals surface area contributed by atoms with Crippen molar-refractivity contribution in [1.82, 2.24) is 10.1 Å². The number of carboxylic acids is 1. The zero-order valence-corrected chi connectivity index (χ0v) is 8.29. The standard InChI is InChI=1S/C8H10N2O3S/c11-8(12)7-9-6(13-10-7)4-5-2-1-3-14-5/h5H,1-4H2,(H,11,12). The van der Waals surface area contributed by atoms with Gasteiger partial charge in [0.15, 0.2) is 0 Å². The molecule has 1 aromatic rings. The number of thioether (sulfide) groups is 1. The van der Waals surface area contributed by atoms with Crippen molar-refractivity contribution in [3.05, 3.63) is 11.7 Å². The number of nitrogens with zero attached hydrogens (tertiary/aromatic N) is 2. The van der Waals surface area contributed by atoms with Gasteiger partial charge in [-0.25, -0.2) is 4.79 Å². The highest BCUT2D eigenvalue weighted by atomic mass is 32.2. The molecule has 1 saturated heterocycles. The summed E-state index contributed by atoms with van der Waals surface area (Å²) in [6.07, 6.45) is 3.05. The van der Waals surface area contributed by atoms with Crippen molar-refractivity contribution in [3.8, 4) is 0 Å². The molecule has 0 saturated carbocycles. The normalized spacial score (nSPS) is 21.3. The van der Waals surface area contributed by atoms with Crippen LogP contribution in [0.15, 0.2) is 4.52 Å². The van der Waals surface area contributed by atoms with E-state index < -0.39 is 5.97 Å². The van der Waals surface area contributed by atoms with Crippen LogP contribution in [0.4, 0.5) is 0 Å². The quantitative estimate of drug-likeness (QED) is 0.814. The van der Waals surface area contributed by atoms with Gasteiger partial charge in [-0.15, -0.1) is 0 Å². The molecule has 5 nitrogen and oxygen atoms in total. The topological polar surface area (TPSA) is 76.2 Å². The van der Waals surface area contributed by atoms with E-state index in [1.165, 1.54) is 12.2 Å². The van der Waals surface area contributed by atoms with Crippen LogP contribution in [-0.4, -0.2) is 32.2 Å². The Morgan fingerprint density at radius 3 is 3.14 bits per heavy atom. The first-order valence-electron chi connectivity index (χ1n) is 4.43. The number of hydrogen-bond donors (Lipinski definition) is 1. The van der Waals surface area contributed by atoms with E-state index in [2.05, 4.69) is 10.1 Å². The van der Waals surface area contributed by atoms with Crippen LogP contribution in [0.1, 0.15) is 29.4 Å². The predicted octanol–water partition coefficient (Wildman–Crippen LogP) is 1.21. The molecule has 1 N–H and O–H groups in total. The molecule has 1 aliphatic heterocycles. The summed E-state index contributed by atoms with van der Waals surface area (Å²) >= 11 is 1.88. The molecule has 0 bridgehead atoms. The van der Waals surface area contributed by atoms with Crippen molar-refractivity contribution < 1.29 is 14.4 Å². The van der Waals surface area contributed by atoms with Crippen molar-refractivity contribution >= 4 is 17.7 Å². The fourth-order valence-corrected chi connectivity index (χ4v) is 2.69. The first-order chi connectivity index (χ1) is 6.75. The highest BCUT2D eigenvalue weighted by molar-refractivity contribution is 8.00. The molecular formula is C8H10N2O3S. The van der Waals surface area contributed by atoms with Crippen molar-refractivity contribution in [2.24, 2.45) is 0 Å². The third kappa shape index (κ3) is 2.06. The van der Waals surface area contributed by atoms with E-state index in [0.29, 0.717) is 17.6 Å². The summed E-state index contributed by atoms with van der Waals surface area (Å²) in [5.74, 6) is 0.216. The average molecular weight is 214 g/mol. The zero-order chi connectivity index (χ0) is 9.97. The van der Waals surface area contributed by atoms with Gasteiger partial charge in [-0.1, -0.05) is 0 Å². The maximum Gasteiger partial charge on any atom is 0.377 e. The summed E-state index contributed by atoms with van der Waals surface area (Å²) in [7, 11) is 0. The summed E-state index contributed by atoms with van der Waals surface area (Å²) in [4.78, 5) is 14.2. The van der Waals surface area contributed by atoms with E-state index in [0.717, 1.165) is 6.42 Å². The number of rotatable bonds is 3. The van der Waals surface area contributed by atoms with Crippen molar-refractivity contribution in [2.75, 3.05) is 5.75 Å². The van der Waals surface area contributed by atoms with Crippen LogP contribution in [0.3, 0.4) is 0 Å².